The number of rotatable bonds is 3. The first kappa shape index (κ1) is 14.1. The second-order valence-corrected chi connectivity index (χ2v) is 6.19. The summed E-state index contributed by atoms with van der Waals surface area (Å²) in [5, 5.41) is 0. The van der Waals surface area contributed by atoms with E-state index in [-0.39, 0.29) is 18.1 Å². The van der Waals surface area contributed by atoms with Crippen LogP contribution in [0.25, 0.3) is 0 Å². The van der Waals surface area contributed by atoms with E-state index in [1.807, 2.05) is 47.8 Å². The average Bonchev–Trinajstić information content (AvgIpc) is 3.19. The van der Waals surface area contributed by atoms with Crippen molar-refractivity contribution in [2.75, 3.05) is 6.54 Å². The van der Waals surface area contributed by atoms with E-state index in [1.54, 1.807) is 12.6 Å². The van der Waals surface area contributed by atoms with Crippen LogP contribution in [0.5, 0.6) is 0 Å². The Bertz CT molecular complexity index is 763. The van der Waals surface area contributed by atoms with Crippen molar-refractivity contribution < 1.29 is 9.53 Å². The van der Waals surface area contributed by atoms with Gasteiger partial charge in [0.1, 0.15) is 20.0 Å². The summed E-state index contributed by atoms with van der Waals surface area (Å²) in [7, 11) is 2.04. The molecule has 2 aliphatic rings. The molecule has 0 fully saturated rings. The zero-order valence-corrected chi connectivity index (χ0v) is 13.1. The second-order valence-electron chi connectivity index (χ2n) is 6.19. The minimum absolute atomic E-state index is 0.0616. The highest BCUT2D eigenvalue weighted by Crippen LogP contribution is 2.28. The van der Waals surface area contributed by atoms with Gasteiger partial charge < -0.3 is 14.2 Å². The molecule has 1 aromatic carbocycles. The van der Waals surface area contributed by atoms with Crippen molar-refractivity contribution in [1.82, 2.24) is 14.5 Å². The lowest BCUT2D eigenvalue weighted by atomic mass is 9.91. The zero-order valence-electron chi connectivity index (χ0n) is 13.1. The number of fused-ring (bicyclic) bond motifs is 1. The molecule has 0 saturated heterocycles. The number of nitrogens with zero attached hydrogens (tertiary/aromatic N) is 3. The van der Waals surface area contributed by atoms with Crippen LogP contribution < -0.4 is 5.46 Å². The minimum atomic E-state index is -0.337. The van der Waals surface area contributed by atoms with Gasteiger partial charge >= 0.3 is 0 Å². The molecule has 1 aromatic heterocycles. The minimum Gasteiger partial charge on any atom is -0.496 e. The van der Waals surface area contributed by atoms with Gasteiger partial charge in [0.05, 0.1) is 31.4 Å². The normalized spacial score (nSPS) is 23.0. The van der Waals surface area contributed by atoms with Crippen LogP contribution in [-0.2, 0) is 16.1 Å². The van der Waals surface area contributed by atoms with E-state index in [2.05, 4.69) is 11.1 Å². The molecule has 0 N–H and O–H groups in total. The van der Waals surface area contributed by atoms with E-state index in [0.717, 1.165) is 23.1 Å². The Morgan fingerprint density at radius 2 is 2.30 bits per heavy atom. The summed E-state index contributed by atoms with van der Waals surface area (Å²) in [5.41, 5.74) is 3.21. The second kappa shape index (κ2) is 5.61. The van der Waals surface area contributed by atoms with E-state index in [4.69, 9.17) is 4.74 Å². The van der Waals surface area contributed by atoms with Gasteiger partial charge in [0.2, 0.25) is 0 Å². The third kappa shape index (κ3) is 2.54. The maximum Gasteiger partial charge on any atom is 0.250 e. The molecule has 2 aromatic rings. The van der Waals surface area contributed by atoms with Gasteiger partial charge in [-0.2, -0.15) is 0 Å². The largest absolute Gasteiger partial charge is 0.496 e. The highest BCUT2D eigenvalue weighted by Gasteiger charge is 2.35. The number of benzene rings is 1. The zero-order chi connectivity index (χ0) is 15.8. The molecule has 5 nitrogen and oxygen atoms in total. The lowest BCUT2D eigenvalue weighted by Gasteiger charge is -2.35. The quantitative estimate of drug-likeness (QED) is 0.770. The van der Waals surface area contributed by atoms with Crippen molar-refractivity contribution in [3.63, 3.8) is 0 Å². The molecule has 2 aliphatic heterocycles. The van der Waals surface area contributed by atoms with Crippen LogP contribution >= 0.6 is 0 Å². The first-order valence-corrected chi connectivity index (χ1v) is 7.89. The number of carbonyl (C=O) groups is 1. The van der Waals surface area contributed by atoms with Crippen LogP contribution in [0.4, 0.5) is 0 Å². The lowest BCUT2D eigenvalue weighted by Crippen LogP contribution is -2.45. The SMILES string of the molecule is Bc1cccc(C2C(=O)N(CC3CC=CO3)Cc3cncn32)c1. The Labute approximate surface area is 136 Å². The highest BCUT2D eigenvalue weighted by molar-refractivity contribution is 6.32. The van der Waals surface area contributed by atoms with E-state index < -0.39 is 0 Å². The summed E-state index contributed by atoms with van der Waals surface area (Å²) in [6.07, 6.45) is 8.24. The van der Waals surface area contributed by atoms with Crippen LogP contribution in [0.1, 0.15) is 23.7 Å². The predicted molar refractivity (Wildman–Crippen MR) is 89.0 cm³/mol. The average molecular weight is 307 g/mol. The Balaban J connectivity index is 1.68. The van der Waals surface area contributed by atoms with Gasteiger partial charge in [0.15, 0.2) is 0 Å². The Hall–Kier alpha value is -2.50. The van der Waals surface area contributed by atoms with Crippen molar-refractivity contribution >= 4 is 19.2 Å². The summed E-state index contributed by atoms with van der Waals surface area (Å²) in [6.45, 7) is 1.19. The molecule has 116 valence electrons. The van der Waals surface area contributed by atoms with E-state index >= 15 is 0 Å². The van der Waals surface area contributed by atoms with E-state index in [0.29, 0.717) is 13.1 Å². The van der Waals surface area contributed by atoms with Crippen molar-refractivity contribution in [2.24, 2.45) is 0 Å². The number of ether oxygens (including phenoxy) is 1. The van der Waals surface area contributed by atoms with Crippen molar-refractivity contribution in [2.45, 2.75) is 25.1 Å². The van der Waals surface area contributed by atoms with Gasteiger partial charge in [-0.25, -0.2) is 4.98 Å². The number of amides is 1. The standard InChI is InChI=1S/C17H18BN3O2/c18-13-4-1-3-12(7-13)16-17(22)20(10-15-5-2-6-23-15)9-14-8-19-11-21(14)16/h1-4,6-8,11,15-16H,5,9-10,18H2. The molecule has 2 atom stereocenters. The van der Waals surface area contributed by atoms with Crippen molar-refractivity contribution in [1.29, 1.82) is 0 Å². The van der Waals surface area contributed by atoms with E-state index in [9.17, 15) is 4.79 Å². The van der Waals surface area contributed by atoms with Crippen molar-refractivity contribution in [3.8, 4) is 0 Å². The molecular formula is C17H18BN3O2. The van der Waals surface area contributed by atoms with Crippen LogP contribution in [0.15, 0.2) is 49.1 Å². The third-order valence-electron chi connectivity index (χ3n) is 4.47. The number of carbonyl (C=O) groups excluding carboxylic acids is 1. The lowest BCUT2D eigenvalue weighted by molar-refractivity contribution is -0.137. The monoisotopic (exact) mass is 307 g/mol. The van der Waals surface area contributed by atoms with Crippen LogP contribution in [0.2, 0.25) is 0 Å². The molecule has 0 aliphatic carbocycles. The fraction of sp³-hybridized carbons (Fsp3) is 0.294. The van der Waals surface area contributed by atoms with Crippen LogP contribution in [0.3, 0.4) is 0 Å². The summed E-state index contributed by atoms with van der Waals surface area (Å²) in [4.78, 5) is 19.2. The molecule has 0 saturated carbocycles. The number of aromatic nitrogens is 2. The first-order chi connectivity index (χ1) is 11.2. The Kier molecular flexibility index (Phi) is 3.44. The Morgan fingerprint density at radius 1 is 1.39 bits per heavy atom. The third-order valence-corrected chi connectivity index (χ3v) is 4.47. The summed E-state index contributed by atoms with van der Waals surface area (Å²) in [6, 6.07) is 7.79. The van der Waals surface area contributed by atoms with Gasteiger partial charge in [0.25, 0.3) is 5.91 Å². The summed E-state index contributed by atoms with van der Waals surface area (Å²) >= 11 is 0. The molecule has 4 rings (SSSR count). The van der Waals surface area contributed by atoms with Gasteiger partial charge in [0, 0.05) is 12.6 Å². The maximum atomic E-state index is 13.1. The molecule has 1 amide bonds. The van der Waals surface area contributed by atoms with Gasteiger partial charge in [-0.3, -0.25) is 4.79 Å². The Morgan fingerprint density at radius 3 is 3.09 bits per heavy atom. The topological polar surface area (TPSA) is 47.4 Å². The molecule has 0 bridgehead atoms. The van der Waals surface area contributed by atoms with Crippen molar-refractivity contribution in [3.05, 3.63) is 60.4 Å². The highest BCUT2D eigenvalue weighted by atomic mass is 16.5. The van der Waals surface area contributed by atoms with Gasteiger partial charge in [-0.15, -0.1) is 0 Å². The molecular weight excluding hydrogens is 289 g/mol. The summed E-state index contributed by atoms with van der Waals surface area (Å²) in [5.74, 6) is 0.108. The van der Waals surface area contributed by atoms with Gasteiger partial charge in [-0.05, 0) is 11.6 Å². The van der Waals surface area contributed by atoms with E-state index in [1.165, 1.54) is 0 Å². The van der Waals surface area contributed by atoms with Gasteiger partial charge in [-0.1, -0.05) is 29.7 Å². The fourth-order valence-corrected chi connectivity index (χ4v) is 3.34. The first-order valence-electron chi connectivity index (χ1n) is 7.89. The summed E-state index contributed by atoms with van der Waals surface area (Å²) < 4.78 is 7.52. The molecule has 0 spiro atoms. The molecule has 3 heterocycles. The smallest absolute Gasteiger partial charge is 0.250 e. The number of hydrogen-bond donors (Lipinski definition) is 0. The predicted octanol–water partition coefficient (Wildman–Crippen LogP) is 0.376. The number of imidazole rings is 1. The molecule has 2 unspecified atom stereocenters. The van der Waals surface area contributed by atoms with Crippen LogP contribution in [-0.4, -0.2) is 40.9 Å². The maximum absolute atomic E-state index is 13.1. The fourth-order valence-electron chi connectivity index (χ4n) is 3.34. The molecule has 23 heavy (non-hydrogen) atoms. The molecule has 0 radical (unpaired) electrons. The molecule has 6 heteroatoms. The van der Waals surface area contributed by atoms with Crippen LogP contribution in [0, 0.1) is 0 Å². The number of hydrogen-bond acceptors (Lipinski definition) is 3.